The van der Waals surface area contributed by atoms with E-state index < -0.39 is 28.2 Å². The van der Waals surface area contributed by atoms with Crippen molar-refractivity contribution in [1.29, 1.82) is 0 Å². The summed E-state index contributed by atoms with van der Waals surface area (Å²) in [5.74, 6) is -0.923. The number of carbonyl (C=O) groups is 2. The maximum Gasteiger partial charge on any atom is 0.274 e. The van der Waals surface area contributed by atoms with Gasteiger partial charge in [-0.15, -0.1) is 0 Å². The van der Waals surface area contributed by atoms with Crippen molar-refractivity contribution in [3.8, 4) is 5.75 Å². The maximum absolute atomic E-state index is 12.4. The summed E-state index contributed by atoms with van der Waals surface area (Å²) in [6.07, 6.45) is 0. The molecule has 2 aromatic rings. The van der Waals surface area contributed by atoms with Crippen LogP contribution in [0, 0.1) is 27.2 Å². The molecule has 2 amide bonds. The molecule has 0 unspecified atom stereocenters. The third-order valence-corrected chi connectivity index (χ3v) is 4.09. The number of nitro groups is 2. The summed E-state index contributed by atoms with van der Waals surface area (Å²) in [4.78, 5) is 46.4. The number of nitrogens with zero attached hydrogens (tertiary/aromatic N) is 3. The van der Waals surface area contributed by atoms with Gasteiger partial charge in [0.15, 0.2) is 6.61 Å². The molecule has 0 fully saturated rings. The zero-order chi connectivity index (χ0) is 20.4. The van der Waals surface area contributed by atoms with Crippen LogP contribution in [0.4, 0.5) is 22.7 Å². The molecule has 1 N–H and O–H groups in total. The van der Waals surface area contributed by atoms with Gasteiger partial charge in [-0.1, -0.05) is 6.07 Å². The largest absolute Gasteiger partial charge is 0.482 e. The predicted molar refractivity (Wildman–Crippen MR) is 97.4 cm³/mol. The van der Waals surface area contributed by atoms with Gasteiger partial charge in [-0.3, -0.25) is 34.7 Å². The van der Waals surface area contributed by atoms with Crippen LogP contribution < -0.4 is 15.0 Å². The first-order chi connectivity index (χ1) is 13.3. The lowest BCUT2D eigenvalue weighted by molar-refractivity contribution is -0.385. The van der Waals surface area contributed by atoms with Crippen molar-refractivity contribution in [3.05, 3.63) is 62.2 Å². The number of nitrogens with one attached hydrogen (secondary N) is 1. The average molecular weight is 386 g/mol. The van der Waals surface area contributed by atoms with E-state index in [1.807, 2.05) is 0 Å². The van der Waals surface area contributed by atoms with Gasteiger partial charge in [0.1, 0.15) is 12.3 Å². The Labute approximate surface area is 157 Å². The number of amides is 2. The monoisotopic (exact) mass is 386 g/mol. The lowest BCUT2D eigenvalue weighted by atomic mass is 10.2. The molecule has 3 rings (SSSR count). The first-order valence-corrected chi connectivity index (χ1v) is 8.03. The molecule has 2 aromatic carbocycles. The molecule has 1 heterocycles. The van der Waals surface area contributed by atoms with Crippen LogP contribution in [0.25, 0.3) is 0 Å². The van der Waals surface area contributed by atoms with Crippen LogP contribution in [0.5, 0.6) is 5.75 Å². The molecule has 0 radical (unpaired) electrons. The highest BCUT2D eigenvalue weighted by atomic mass is 16.6. The highest BCUT2D eigenvalue weighted by Crippen LogP contribution is 2.35. The van der Waals surface area contributed by atoms with Gasteiger partial charge in [0.2, 0.25) is 5.91 Å². The van der Waals surface area contributed by atoms with E-state index in [0.29, 0.717) is 5.56 Å². The zero-order valence-electron chi connectivity index (χ0n) is 14.6. The first-order valence-electron chi connectivity index (χ1n) is 8.03. The minimum atomic E-state index is -0.622. The number of fused-ring (bicyclic) bond motifs is 1. The molecule has 0 saturated carbocycles. The van der Waals surface area contributed by atoms with Crippen molar-refractivity contribution in [3.63, 3.8) is 0 Å². The Kier molecular flexibility index (Phi) is 4.90. The number of benzene rings is 2. The molecule has 0 aliphatic carbocycles. The Balaban J connectivity index is 1.82. The van der Waals surface area contributed by atoms with Crippen molar-refractivity contribution in [2.45, 2.75) is 6.92 Å². The van der Waals surface area contributed by atoms with Crippen LogP contribution >= 0.6 is 0 Å². The van der Waals surface area contributed by atoms with Crippen LogP contribution in [-0.4, -0.2) is 34.8 Å². The van der Waals surface area contributed by atoms with Crippen LogP contribution in [0.3, 0.4) is 0 Å². The van der Waals surface area contributed by atoms with E-state index in [9.17, 15) is 29.8 Å². The highest BCUT2D eigenvalue weighted by Gasteiger charge is 2.29. The summed E-state index contributed by atoms with van der Waals surface area (Å²) in [6, 6.07) is 7.95. The summed E-state index contributed by atoms with van der Waals surface area (Å²) < 4.78 is 5.24. The Morgan fingerprint density at radius 2 is 1.93 bits per heavy atom. The summed E-state index contributed by atoms with van der Waals surface area (Å²) >= 11 is 0. The van der Waals surface area contributed by atoms with Crippen molar-refractivity contribution in [1.82, 2.24) is 0 Å². The molecule has 0 aromatic heterocycles. The van der Waals surface area contributed by atoms with E-state index in [1.165, 1.54) is 30.3 Å². The van der Waals surface area contributed by atoms with Crippen LogP contribution in [0.15, 0.2) is 36.4 Å². The van der Waals surface area contributed by atoms with Gasteiger partial charge in [-0.25, -0.2) is 0 Å². The average Bonchev–Trinajstić information content (AvgIpc) is 2.65. The van der Waals surface area contributed by atoms with E-state index in [2.05, 4.69) is 5.32 Å². The molecule has 0 bridgehead atoms. The second-order valence-electron chi connectivity index (χ2n) is 5.98. The summed E-state index contributed by atoms with van der Waals surface area (Å²) in [5, 5.41) is 24.5. The minimum Gasteiger partial charge on any atom is -0.482 e. The first kappa shape index (κ1) is 18.8. The zero-order valence-corrected chi connectivity index (χ0v) is 14.6. The molecule has 28 heavy (non-hydrogen) atoms. The fraction of sp³-hybridized carbons (Fsp3) is 0.176. The smallest absolute Gasteiger partial charge is 0.274 e. The maximum atomic E-state index is 12.4. The van der Waals surface area contributed by atoms with E-state index in [0.717, 1.165) is 11.0 Å². The number of nitro benzene ring substituents is 2. The Morgan fingerprint density at radius 1 is 1.18 bits per heavy atom. The highest BCUT2D eigenvalue weighted by molar-refractivity contribution is 6.05. The molecule has 0 spiro atoms. The van der Waals surface area contributed by atoms with Crippen LogP contribution in [-0.2, 0) is 9.59 Å². The summed E-state index contributed by atoms with van der Waals surface area (Å²) in [5.41, 5.74) is 0.336. The predicted octanol–water partition coefficient (Wildman–Crippen LogP) is 2.18. The molecule has 0 saturated heterocycles. The minimum absolute atomic E-state index is 0.107. The SMILES string of the molecule is Cc1ccc(NC(=O)CN2C(=O)COc3ccc([N+](=O)[O-])cc32)cc1[N+](=O)[O-]. The van der Waals surface area contributed by atoms with Crippen LogP contribution in [0.2, 0.25) is 0 Å². The van der Waals surface area contributed by atoms with E-state index >= 15 is 0 Å². The Hall–Kier alpha value is -4.02. The molecule has 1 aliphatic heterocycles. The van der Waals surface area contributed by atoms with Crippen molar-refractivity contribution >= 4 is 34.6 Å². The van der Waals surface area contributed by atoms with Crippen molar-refractivity contribution in [2.24, 2.45) is 0 Å². The molecule has 1 aliphatic rings. The van der Waals surface area contributed by atoms with Crippen LogP contribution in [0.1, 0.15) is 5.56 Å². The molecule has 11 heteroatoms. The number of rotatable bonds is 5. The van der Waals surface area contributed by atoms with Gasteiger partial charge < -0.3 is 10.1 Å². The van der Waals surface area contributed by atoms with E-state index in [4.69, 9.17) is 4.74 Å². The fourth-order valence-corrected chi connectivity index (χ4v) is 2.71. The van der Waals surface area contributed by atoms with E-state index in [-0.39, 0.29) is 35.1 Å². The molecule has 0 atom stereocenters. The van der Waals surface area contributed by atoms with Crippen molar-refractivity contribution in [2.75, 3.05) is 23.4 Å². The second-order valence-corrected chi connectivity index (χ2v) is 5.98. The van der Waals surface area contributed by atoms with Gasteiger partial charge in [-0.05, 0) is 19.1 Å². The van der Waals surface area contributed by atoms with Gasteiger partial charge in [0.25, 0.3) is 17.3 Å². The van der Waals surface area contributed by atoms with Gasteiger partial charge >= 0.3 is 0 Å². The lowest BCUT2D eigenvalue weighted by Gasteiger charge is -2.28. The molecule has 144 valence electrons. The quantitative estimate of drug-likeness (QED) is 0.612. The second kappa shape index (κ2) is 7.31. The van der Waals surface area contributed by atoms with Gasteiger partial charge in [-0.2, -0.15) is 0 Å². The number of non-ortho nitro benzene ring substituents is 1. The fourth-order valence-electron chi connectivity index (χ4n) is 2.71. The third-order valence-electron chi connectivity index (χ3n) is 4.09. The number of ether oxygens (including phenoxy) is 1. The van der Waals surface area contributed by atoms with Gasteiger partial charge in [0, 0.05) is 29.4 Å². The van der Waals surface area contributed by atoms with Gasteiger partial charge in [0.05, 0.1) is 15.5 Å². The number of aryl methyl sites for hydroxylation is 1. The normalized spacial score (nSPS) is 12.8. The lowest BCUT2D eigenvalue weighted by Crippen LogP contribution is -2.43. The standard InChI is InChI=1S/C17H14N4O7/c1-10-2-3-11(6-13(10)21(26)27)18-16(22)8-19-14-7-12(20(24)25)4-5-15(14)28-9-17(19)23/h2-7H,8-9H2,1H3,(H,18,22). The Bertz CT molecular complexity index is 1000. The Morgan fingerprint density at radius 3 is 2.61 bits per heavy atom. The molecule has 11 nitrogen and oxygen atoms in total. The number of anilines is 2. The number of hydrogen-bond acceptors (Lipinski definition) is 7. The summed E-state index contributed by atoms with van der Waals surface area (Å²) in [7, 11) is 0. The topological polar surface area (TPSA) is 145 Å². The van der Waals surface area contributed by atoms with Crippen molar-refractivity contribution < 1.29 is 24.2 Å². The number of hydrogen-bond donors (Lipinski definition) is 1. The van der Waals surface area contributed by atoms with E-state index in [1.54, 1.807) is 6.92 Å². The third kappa shape index (κ3) is 3.72. The summed E-state index contributed by atoms with van der Waals surface area (Å²) in [6.45, 7) is 0.825. The molecular weight excluding hydrogens is 372 g/mol. The molecular formula is C17H14N4O7. The number of carbonyl (C=O) groups excluding carboxylic acids is 2.